The van der Waals surface area contributed by atoms with Crippen LogP contribution in [0.25, 0.3) is 0 Å². The number of para-hydroxylation sites is 1. The first-order valence-electron chi connectivity index (χ1n) is 11.2. The van der Waals surface area contributed by atoms with Crippen LogP contribution >= 0.6 is 11.6 Å². The standard InChI is InChI=1S/C24H27ClN6O6S/c1-14-10-9-11-15(2)19(14)31(16(3)20(32)36-5)22-26-21(27-23(28-22)37-6)30(4)24(33)29-38(34,35)18-13-8-7-12-17(18)25/h7-13,16H,1-6H3,(H,29,33). The zero-order valence-corrected chi connectivity index (χ0v) is 23.2. The molecule has 0 saturated carbocycles. The summed E-state index contributed by atoms with van der Waals surface area (Å²) in [6, 6.07) is 9.14. The number of rotatable bonds is 8. The molecule has 2 amide bonds. The van der Waals surface area contributed by atoms with E-state index < -0.39 is 28.1 Å². The van der Waals surface area contributed by atoms with Crippen LogP contribution in [-0.2, 0) is 19.6 Å². The number of carbonyl (C=O) groups excluding carboxylic acids is 2. The molecule has 1 atom stereocenters. The van der Waals surface area contributed by atoms with Crippen LogP contribution in [0, 0.1) is 13.8 Å². The zero-order chi connectivity index (χ0) is 28.2. The first-order chi connectivity index (χ1) is 17.9. The van der Waals surface area contributed by atoms with Crippen molar-refractivity contribution in [2.24, 2.45) is 0 Å². The maximum Gasteiger partial charge on any atom is 0.337 e. The second-order valence-corrected chi connectivity index (χ2v) is 10.2. The Morgan fingerprint density at radius 3 is 2.16 bits per heavy atom. The Morgan fingerprint density at radius 2 is 1.58 bits per heavy atom. The van der Waals surface area contributed by atoms with Gasteiger partial charge in [-0.15, -0.1) is 0 Å². The minimum Gasteiger partial charge on any atom is -0.467 e. The number of nitrogens with one attached hydrogen (secondary N) is 1. The minimum absolute atomic E-state index is 0.0317. The highest BCUT2D eigenvalue weighted by Gasteiger charge is 2.31. The molecule has 202 valence electrons. The molecular weight excluding hydrogens is 536 g/mol. The van der Waals surface area contributed by atoms with Crippen LogP contribution in [0.4, 0.5) is 22.4 Å². The van der Waals surface area contributed by atoms with Crippen LogP contribution in [0.1, 0.15) is 18.1 Å². The molecule has 0 fully saturated rings. The smallest absolute Gasteiger partial charge is 0.337 e. The van der Waals surface area contributed by atoms with E-state index in [4.69, 9.17) is 21.1 Å². The number of nitrogens with zero attached hydrogens (tertiary/aromatic N) is 5. The summed E-state index contributed by atoms with van der Waals surface area (Å²) in [7, 11) is -0.468. The first kappa shape index (κ1) is 28.6. The molecule has 0 radical (unpaired) electrons. The quantitative estimate of drug-likeness (QED) is 0.405. The van der Waals surface area contributed by atoms with E-state index in [0.717, 1.165) is 16.0 Å². The van der Waals surface area contributed by atoms with Gasteiger partial charge in [0.1, 0.15) is 10.9 Å². The summed E-state index contributed by atoms with van der Waals surface area (Å²) in [6.07, 6.45) is 0. The fraction of sp³-hybridized carbons (Fsp3) is 0.292. The molecule has 1 unspecified atom stereocenters. The van der Waals surface area contributed by atoms with Gasteiger partial charge in [-0.3, -0.25) is 9.80 Å². The van der Waals surface area contributed by atoms with Gasteiger partial charge in [-0.05, 0) is 44.0 Å². The predicted octanol–water partition coefficient (Wildman–Crippen LogP) is 3.38. The number of hydrogen-bond acceptors (Lipinski definition) is 10. The molecule has 0 bridgehead atoms. The molecule has 0 spiro atoms. The number of aryl methyl sites for hydroxylation is 2. The topological polar surface area (TPSA) is 144 Å². The van der Waals surface area contributed by atoms with Gasteiger partial charge in [0.2, 0.25) is 11.9 Å². The van der Waals surface area contributed by atoms with Crippen molar-refractivity contribution >= 4 is 51.2 Å². The summed E-state index contributed by atoms with van der Waals surface area (Å²) in [5.41, 5.74) is 2.27. The van der Waals surface area contributed by atoms with Crippen LogP contribution < -0.4 is 19.3 Å². The molecule has 12 nitrogen and oxygen atoms in total. The number of esters is 1. The van der Waals surface area contributed by atoms with Crippen LogP contribution in [0.5, 0.6) is 6.01 Å². The number of sulfonamides is 1. The van der Waals surface area contributed by atoms with Gasteiger partial charge in [0, 0.05) is 7.05 Å². The number of urea groups is 1. The highest BCUT2D eigenvalue weighted by Crippen LogP contribution is 2.33. The molecule has 0 aliphatic heterocycles. The Labute approximate surface area is 225 Å². The lowest BCUT2D eigenvalue weighted by atomic mass is 10.1. The van der Waals surface area contributed by atoms with Crippen molar-refractivity contribution in [1.82, 2.24) is 19.7 Å². The van der Waals surface area contributed by atoms with E-state index in [1.54, 1.807) is 13.0 Å². The normalized spacial score (nSPS) is 11.9. The van der Waals surface area contributed by atoms with Crippen molar-refractivity contribution < 1.29 is 27.5 Å². The first-order valence-corrected chi connectivity index (χ1v) is 13.1. The van der Waals surface area contributed by atoms with E-state index in [2.05, 4.69) is 15.0 Å². The van der Waals surface area contributed by atoms with E-state index in [9.17, 15) is 18.0 Å². The van der Waals surface area contributed by atoms with Crippen molar-refractivity contribution in [3.05, 3.63) is 58.6 Å². The van der Waals surface area contributed by atoms with Crippen LogP contribution in [-0.4, -0.2) is 62.7 Å². The fourth-order valence-electron chi connectivity index (χ4n) is 3.60. The number of hydrogen-bond donors (Lipinski definition) is 1. The number of carbonyl (C=O) groups is 2. The molecule has 0 aliphatic rings. The zero-order valence-electron chi connectivity index (χ0n) is 21.6. The Balaban J connectivity index is 2.08. The molecule has 1 N–H and O–H groups in total. The molecule has 14 heteroatoms. The second kappa shape index (κ2) is 11.6. The van der Waals surface area contributed by atoms with Gasteiger partial charge in [-0.25, -0.2) is 22.7 Å². The lowest BCUT2D eigenvalue weighted by molar-refractivity contribution is -0.141. The average molecular weight is 563 g/mol. The highest BCUT2D eigenvalue weighted by molar-refractivity contribution is 7.90. The molecule has 0 aliphatic carbocycles. The van der Waals surface area contributed by atoms with E-state index in [0.29, 0.717) is 5.69 Å². The van der Waals surface area contributed by atoms with Crippen molar-refractivity contribution in [1.29, 1.82) is 0 Å². The predicted molar refractivity (Wildman–Crippen MR) is 141 cm³/mol. The summed E-state index contributed by atoms with van der Waals surface area (Å²) >= 11 is 6.00. The maximum atomic E-state index is 13.0. The van der Waals surface area contributed by atoms with Crippen molar-refractivity contribution in [2.45, 2.75) is 31.7 Å². The molecule has 1 aromatic heterocycles. The number of amides is 2. The molecule has 3 aromatic rings. The Kier molecular flexibility index (Phi) is 8.74. The summed E-state index contributed by atoms with van der Waals surface area (Å²) in [4.78, 5) is 40.5. The van der Waals surface area contributed by atoms with E-state index >= 15 is 0 Å². The molecule has 1 heterocycles. The average Bonchev–Trinajstić information content (AvgIpc) is 2.89. The third-order valence-corrected chi connectivity index (χ3v) is 7.37. The van der Waals surface area contributed by atoms with Crippen molar-refractivity contribution in [3.63, 3.8) is 0 Å². The van der Waals surface area contributed by atoms with E-state index in [1.807, 2.05) is 36.8 Å². The van der Waals surface area contributed by atoms with Crippen LogP contribution in [0.3, 0.4) is 0 Å². The largest absolute Gasteiger partial charge is 0.467 e. The van der Waals surface area contributed by atoms with Crippen molar-refractivity contribution in [2.75, 3.05) is 31.1 Å². The Bertz CT molecular complexity index is 1450. The summed E-state index contributed by atoms with van der Waals surface area (Å²) < 4.78 is 37.7. The third kappa shape index (κ3) is 5.94. The molecule has 2 aromatic carbocycles. The Morgan fingerprint density at radius 1 is 0.974 bits per heavy atom. The number of anilines is 3. The lowest BCUT2D eigenvalue weighted by Crippen LogP contribution is -2.42. The Hall–Kier alpha value is -3.97. The van der Waals surface area contributed by atoms with Gasteiger partial charge in [-0.2, -0.15) is 15.0 Å². The fourth-order valence-corrected chi connectivity index (χ4v) is 5.10. The number of aromatic nitrogens is 3. The summed E-state index contributed by atoms with van der Waals surface area (Å²) in [6.45, 7) is 5.33. The SMILES string of the molecule is COC(=O)C(C)N(c1nc(OC)nc(N(C)C(=O)NS(=O)(=O)c2ccccc2Cl)n1)c1c(C)cccc1C. The molecule has 0 saturated heterocycles. The van der Waals surface area contributed by atoms with Crippen LogP contribution in [0.15, 0.2) is 47.4 Å². The van der Waals surface area contributed by atoms with Gasteiger partial charge >= 0.3 is 18.0 Å². The van der Waals surface area contributed by atoms with Gasteiger partial charge in [0.05, 0.1) is 24.9 Å². The molecule has 38 heavy (non-hydrogen) atoms. The highest BCUT2D eigenvalue weighted by atomic mass is 35.5. The number of methoxy groups -OCH3 is 2. The number of halogens is 1. The summed E-state index contributed by atoms with van der Waals surface area (Å²) in [5, 5.41) is -0.0550. The summed E-state index contributed by atoms with van der Waals surface area (Å²) in [5.74, 6) is -0.840. The van der Waals surface area contributed by atoms with E-state index in [-0.39, 0.29) is 27.8 Å². The number of benzene rings is 2. The van der Waals surface area contributed by atoms with Gasteiger partial charge in [0.25, 0.3) is 10.0 Å². The third-order valence-electron chi connectivity index (χ3n) is 5.55. The maximum absolute atomic E-state index is 13.0. The lowest BCUT2D eigenvalue weighted by Gasteiger charge is -2.30. The number of ether oxygens (including phenoxy) is 2. The van der Waals surface area contributed by atoms with Gasteiger partial charge in [0.15, 0.2) is 0 Å². The van der Waals surface area contributed by atoms with Gasteiger partial charge in [-0.1, -0.05) is 41.9 Å². The van der Waals surface area contributed by atoms with Crippen LogP contribution in [0.2, 0.25) is 5.02 Å². The monoisotopic (exact) mass is 562 g/mol. The molecular formula is C24H27ClN6O6S. The minimum atomic E-state index is -4.31. The molecule has 3 rings (SSSR count). The van der Waals surface area contributed by atoms with Crippen molar-refractivity contribution in [3.8, 4) is 6.01 Å². The van der Waals surface area contributed by atoms with Gasteiger partial charge < -0.3 is 9.47 Å². The van der Waals surface area contributed by atoms with E-state index in [1.165, 1.54) is 44.4 Å². The second-order valence-electron chi connectivity index (χ2n) is 8.13.